The first-order valence-corrected chi connectivity index (χ1v) is 5.97. The SMILES string of the molecule is O=C(Cc1nc2ccccc2o1)c1cccc(F)c1F. The van der Waals surface area contributed by atoms with Crippen molar-refractivity contribution in [1.29, 1.82) is 0 Å². The number of halogens is 2. The van der Waals surface area contributed by atoms with Crippen LogP contribution in [-0.2, 0) is 6.42 Å². The van der Waals surface area contributed by atoms with E-state index in [-0.39, 0.29) is 17.9 Å². The number of fused-ring (bicyclic) bond motifs is 1. The summed E-state index contributed by atoms with van der Waals surface area (Å²) in [4.78, 5) is 16.1. The summed E-state index contributed by atoms with van der Waals surface area (Å²) in [6, 6.07) is 10.5. The van der Waals surface area contributed by atoms with Gasteiger partial charge in [-0.15, -0.1) is 0 Å². The Kier molecular flexibility index (Phi) is 3.02. The van der Waals surface area contributed by atoms with E-state index in [4.69, 9.17) is 4.42 Å². The van der Waals surface area contributed by atoms with E-state index in [0.717, 1.165) is 6.07 Å². The highest BCUT2D eigenvalue weighted by atomic mass is 19.2. The summed E-state index contributed by atoms with van der Waals surface area (Å²) in [5.74, 6) is -2.59. The molecule has 0 aliphatic heterocycles. The van der Waals surface area contributed by atoms with Crippen LogP contribution in [0.4, 0.5) is 8.78 Å². The lowest BCUT2D eigenvalue weighted by molar-refractivity contribution is 0.0981. The molecule has 1 aromatic heterocycles. The predicted molar refractivity (Wildman–Crippen MR) is 68.4 cm³/mol. The highest BCUT2D eigenvalue weighted by Gasteiger charge is 2.18. The highest BCUT2D eigenvalue weighted by molar-refractivity contribution is 5.97. The van der Waals surface area contributed by atoms with Gasteiger partial charge in [-0.2, -0.15) is 0 Å². The lowest BCUT2D eigenvalue weighted by Gasteiger charge is -2.00. The first kappa shape index (κ1) is 12.5. The Balaban J connectivity index is 1.90. The van der Waals surface area contributed by atoms with Crippen LogP contribution in [0.3, 0.4) is 0 Å². The van der Waals surface area contributed by atoms with Crippen LogP contribution < -0.4 is 0 Å². The van der Waals surface area contributed by atoms with Crippen molar-refractivity contribution in [2.45, 2.75) is 6.42 Å². The maximum absolute atomic E-state index is 13.5. The van der Waals surface area contributed by atoms with Gasteiger partial charge in [-0.3, -0.25) is 4.79 Å². The van der Waals surface area contributed by atoms with Gasteiger partial charge in [0.2, 0.25) is 5.89 Å². The van der Waals surface area contributed by atoms with E-state index >= 15 is 0 Å². The second kappa shape index (κ2) is 4.85. The largest absolute Gasteiger partial charge is 0.440 e. The van der Waals surface area contributed by atoms with Gasteiger partial charge < -0.3 is 4.42 Å². The number of hydrogen-bond acceptors (Lipinski definition) is 3. The van der Waals surface area contributed by atoms with Crippen LogP contribution in [0.2, 0.25) is 0 Å². The summed E-state index contributed by atoms with van der Waals surface area (Å²) in [6.45, 7) is 0. The molecule has 0 aliphatic carbocycles. The van der Waals surface area contributed by atoms with Crippen LogP contribution in [0.25, 0.3) is 11.1 Å². The molecule has 3 aromatic rings. The Morgan fingerprint density at radius 2 is 1.90 bits per heavy atom. The standard InChI is InChI=1S/C15H9F2NO2/c16-10-5-3-4-9(15(10)17)12(19)8-14-18-11-6-1-2-7-13(11)20-14/h1-7H,8H2. The van der Waals surface area contributed by atoms with Gasteiger partial charge >= 0.3 is 0 Å². The minimum absolute atomic E-state index is 0.180. The van der Waals surface area contributed by atoms with Crippen molar-refractivity contribution in [3.63, 3.8) is 0 Å². The van der Waals surface area contributed by atoms with E-state index < -0.39 is 17.4 Å². The third kappa shape index (κ3) is 2.18. The lowest BCUT2D eigenvalue weighted by Crippen LogP contribution is -2.07. The number of benzene rings is 2. The molecule has 2 aromatic carbocycles. The Morgan fingerprint density at radius 1 is 1.10 bits per heavy atom. The van der Waals surface area contributed by atoms with Crippen LogP contribution in [-0.4, -0.2) is 10.8 Å². The number of rotatable bonds is 3. The van der Waals surface area contributed by atoms with Gasteiger partial charge in [0, 0.05) is 0 Å². The lowest BCUT2D eigenvalue weighted by atomic mass is 10.1. The fourth-order valence-corrected chi connectivity index (χ4v) is 1.95. The van der Waals surface area contributed by atoms with E-state index in [1.165, 1.54) is 12.1 Å². The molecule has 0 saturated carbocycles. The number of carbonyl (C=O) groups is 1. The summed E-state index contributed by atoms with van der Waals surface area (Å²) in [6.07, 6.45) is -0.213. The molecule has 0 spiro atoms. The Bertz CT molecular complexity index is 762. The molecule has 0 radical (unpaired) electrons. The molecule has 0 amide bonds. The van der Waals surface area contributed by atoms with Gasteiger partial charge in [0.25, 0.3) is 0 Å². The molecule has 0 atom stereocenters. The fraction of sp³-hybridized carbons (Fsp3) is 0.0667. The molecule has 0 fully saturated rings. The molecular formula is C15H9F2NO2. The van der Waals surface area contributed by atoms with Gasteiger partial charge in [-0.25, -0.2) is 13.8 Å². The van der Waals surface area contributed by atoms with Gasteiger partial charge in [0.05, 0.1) is 12.0 Å². The molecule has 0 bridgehead atoms. The number of para-hydroxylation sites is 2. The zero-order chi connectivity index (χ0) is 14.1. The number of carbonyl (C=O) groups excluding carboxylic acids is 1. The number of aromatic nitrogens is 1. The smallest absolute Gasteiger partial charge is 0.203 e. The molecule has 20 heavy (non-hydrogen) atoms. The average Bonchev–Trinajstić information content (AvgIpc) is 2.83. The Morgan fingerprint density at radius 3 is 2.70 bits per heavy atom. The van der Waals surface area contributed by atoms with Crippen molar-refractivity contribution in [2.24, 2.45) is 0 Å². The first-order chi connectivity index (χ1) is 9.65. The van der Waals surface area contributed by atoms with E-state index in [0.29, 0.717) is 11.1 Å². The minimum Gasteiger partial charge on any atom is -0.440 e. The second-order valence-electron chi connectivity index (χ2n) is 4.28. The Hall–Kier alpha value is -2.56. The number of oxazole rings is 1. The van der Waals surface area contributed by atoms with Gasteiger partial charge in [-0.05, 0) is 24.3 Å². The third-order valence-corrected chi connectivity index (χ3v) is 2.90. The predicted octanol–water partition coefficient (Wildman–Crippen LogP) is 3.53. The topological polar surface area (TPSA) is 43.1 Å². The summed E-state index contributed by atoms with van der Waals surface area (Å²) in [5, 5.41) is 0. The molecule has 3 rings (SSSR count). The molecule has 3 nitrogen and oxygen atoms in total. The van der Waals surface area contributed by atoms with Gasteiger partial charge in [0.15, 0.2) is 23.0 Å². The fourth-order valence-electron chi connectivity index (χ4n) is 1.95. The summed E-state index contributed by atoms with van der Waals surface area (Å²) < 4.78 is 32.0. The molecule has 0 unspecified atom stereocenters. The van der Waals surface area contributed by atoms with E-state index in [1.807, 2.05) is 0 Å². The van der Waals surface area contributed by atoms with E-state index in [1.54, 1.807) is 24.3 Å². The first-order valence-electron chi connectivity index (χ1n) is 5.97. The number of ketones is 1. The van der Waals surface area contributed by atoms with Crippen molar-refractivity contribution < 1.29 is 18.0 Å². The number of hydrogen-bond donors (Lipinski definition) is 0. The van der Waals surface area contributed by atoms with E-state index in [9.17, 15) is 13.6 Å². The molecule has 100 valence electrons. The zero-order valence-corrected chi connectivity index (χ0v) is 10.3. The molecule has 0 N–H and O–H groups in total. The van der Waals surface area contributed by atoms with Crippen LogP contribution >= 0.6 is 0 Å². The summed E-state index contributed by atoms with van der Waals surface area (Å²) in [5.41, 5.74) is 0.872. The molecule has 1 heterocycles. The molecule has 0 aliphatic rings. The quantitative estimate of drug-likeness (QED) is 0.685. The third-order valence-electron chi connectivity index (χ3n) is 2.90. The normalized spacial score (nSPS) is 10.9. The molecule has 5 heteroatoms. The summed E-state index contributed by atoms with van der Waals surface area (Å²) in [7, 11) is 0. The van der Waals surface area contributed by atoms with Crippen molar-refractivity contribution in [1.82, 2.24) is 4.98 Å². The maximum atomic E-state index is 13.5. The van der Waals surface area contributed by atoms with Crippen molar-refractivity contribution in [3.8, 4) is 0 Å². The van der Waals surface area contributed by atoms with Crippen LogP contribution in [0, 0.1) is 11.6 Å². The van der Waals surface area contributed by atoms with Crippen LogP contribution in [0.15, 0.2) is 46.9 Å². The van der Waals surface area contributed by atoms with Crippen molar-refractivity contribution in [3.05, 3.63) is 65.6 Å². The number of Topliss-reactive ketones (excluding diaryl/α,β-unsaturated/α-hetero) is 1. The molecular weight excluding hydrogens is 264 g/mol. The maximum Gasteiger partial charge on any atom is 0.203 e. The van der Waals surface area contributed by atoms with E-state index in [2.05, 4.69) is 4.98 Å². The van der Waals surface area contributed by atoms with Gasteiger partial charge in [-0.1, -0.05) is 18.2 Å². The van der Waals surface area contributed by atoms with Crippen LogP contribution in [0.5, 0.6) is 0 Å². The number of nitrogens with zero attached hydrogens (tertiary/aromatic N) is 1. The van der Waals surface area contributed by atoms with Crippen molar-refractivity contribution >= 4 is 16.9 Å². The monoisotopic (exact) mass is 273 g/mol. The highest BCUT2D eigenvalue weighted by Crippen LogP contribution is 2.18. The average molecular weight is 273 g/mol. The molecule has 0 saturated heterocycles. The Labute approximate surface area is 112 Å². The summed E-state index contributed by atoms with van der Waals surface area (Å²) >= 11 is 0. The van der Waals surface area contributed by atoms with Crippen molar-refractivity contribution in [2.75, 3.05) is 0 Å². The van der Waals surface area contributed by atoms with Crippen LogP contribution in [0.1, 0.15) is 16.2 Å². The van der Waals surface area contributed by atoms with Gasteiger partial charge in [0.1, 0.15) is 5.52 Å². The second-order valence-corrected chi connectivity index (χ2v) is 4.28. The minimum atomic E-state index is -1.14. The zero-order valence-electron chi connectivity index (χ0n) is 10.3.